The Morgan fingerprint density at radius 3 is 0.333 bits per heavy atom. The summed E-state index contributed by atoms with van der Waals surface area (Å²) in [5, 5.41) is 0. The van der Waals surface area contributed by atoms with Crippen molar-refractivity contribution in [2.75, 3.05) is 0 Å². The van der Waals surface area contributed by atoms with Crippen LogP contribution in [0.1, 0.15) is 0 Å². The van der Waals surface area contributed by atoms with E-state index in [0.717, 1.165) is 0 Å². The van der Waals surface area contributed by atoms with Gasteiger partial charge in [0.05, 0.1) is 0 Å². The minimum Gasteiger partial charge on any atom is -0.412 e. The van der Waals surface area contributed by atoms with Crippen molar-refractivity contribution in [3.8, 4) is 0 Å². The summed E-state index contributed by atoms with van der Waals surface area (Å²) in [6, 6.07) is 0. The van der Waals surface area contributed by atoms with E-state index in [0.29, 0.717) is 0 Å². The first kappa shape index (κ1) is 211. The normalized spacial score (nSPS) is 0. The van der Waals surface area contributed by atoms with Gasteiger partial charge in [-0.3, -0.25) is 0 Å². The zero-order valence-electron chi connectivity index (χ0n) is 3.00. The maximum absolute atomic E-state index is 0. The molecular formula is H10O5Th. The van der Waals surface area contributed by atoms with Crippen LogP contribution < -0.4 is 0 Å². The van der Waals surface area contributed by atoms with Gasteiger partial charge in [-0.2, -0.15) is 0 Å². The molecule has 0 spiro atoms. The van der Waals surface area contributed by atoms with Gasteiger partial charge < -0.3 is 27.4 Å². The topological polar surface area (TPSA) is 158 Å². The van der Waals surface area contributed by atoms with Crippen LogP contribution in [0.15, 0.2) is 0 Å². The Kier molecular flexibility index (Phi) is 4480. The molecule has 0 aliphatic carbocycles. The summed E-state index contributed by atoms with van der Waals surface area (Å²) in [7, 11) is 0. The molecule has 0 rings (SSSR count). The molecule has 0 aromatic rings. The van der Waals surface area contributed by atoms with Gasteiger partial charge in [0.2, 0.25) is 0 Å². The first-order valence-corrected chi connectivity index (χ1v) is 0. The molecule has 0 amide bonds. The fourth-order valence-electron chi connectivity index (χ4n) is 0. The smallest absolute Gasteiger partial charge is 0 e. The van der Waals surface area contributed by atoms with E-state index in [1.54, 1.807) is 0 Å². The maximum atomic E-state index is 0. The third kappa shape index (κ3) is 68.9. The van der Waals surface area contributed by atoms with E-state index in [-0.39, 0.29) is 67.3 Å². The molecule has 0 atom stereocenters. The van der Waals surface area contributed by atoms with E-state index < -0.39 is 0 Å². The van der Waals surface area contributed by atoms with Crippen molar-refractivity contribution in [2.45, 2.75) is 0 Å². The van der Waals surface area contributed by atoms with Gasteiger partial charge in [0, 0.05) is 39.9 Å². The molecular weight excluding hydrogens is 312 g/mol. The van der Waals surface area contributed by atoms with E-state index >= 15 is 0 Å². The molecule has 6 heteroatoms. The van der Waals surface area contributed by atoms with Crippen molar-refractivity contribution in [1.29, 1.82) is 0 Å². The second-order valence-corrected chi connectivity index (χ2v) is 0. The summed E-state index contributed by atoms with van der Waals surface area (Å²) in [4.78, 5) is 0. The SMILES string of the molecule is O.O.O.O.O.[Th]. The van der Waals surface area contributed by atoms with Crippen molar-refractivity contribution >= 4 is 0 Å². The monoisotopic (exact) mass is 322 g/mol. The summed E-state index contributed by atoms with van der Waals surface area (Å²) < 4.78 is 0. The van der Waals surface area contributed by atoms with Crippen molar-refractivity contribution in [1.82, 2.24) is 0 Å². The maximum Gasteiger partial charge on any atom is 0 e. The van der Waals surface area contributed by atoms with Gasteiger partial charge in [0.15, 0.2) is 0 Å². The minimum absolute atomic E-state index is 0. The first-order valence-electron chi connectivity index (χ1n) is 0. The Morgan fingerprint density at radius 1 is 0.333 bits per heavy atom. The van der Waals surface area contributed by atoms with E-state index in [2.05, 4.69) is 0 Å². The number of hydrogen-bond acceptors (Lipinski definition) is 0. The molecule has 0 fully saturated rings. The Morgan fingerprint density at radius 2 is 0.333 bits per heavy atom. The third-order valence-electron chi connectivity index (χ3n) is 0. The van der Waals surface area contributed by atoms with Gasteiger partial charge in [-0.25, -0.2) is 0 Å². The third-order valence-corrected chi connectivity index (χ3v) is 0. The fourth-order valence-corrected chi connectivity index (χ4v) is 0. The Balaban J connectivity index is 0. The standard InChI is InChI=1S/5H2O.Th/h5*1H2;. The van der Waals surface area contributed by atoms with Crippen LogP contribution in [-0.4, -0.2) is 27.4 Å². The molecule has 0 aromatic heterocycles. The molecule has 0 heterocycles. The van der Waals surface area contributed by atoms with Crippen LogP contribution >= 0.6 is 0 Å². The summed E-state index contributed by atoms with van der Waals surface area (Å²) in [6.45, 7) is 0. The van der Waals surface area contributed by atoms with Crippen molar-refractivity contribution in [2.24, 2.45) is 0 Å². The first-order chi connectivity index (χ1) is 0. The molecule has 0 aliphatic rings. The summed E-state index contributed by atoms with van der Waals surface area (Å²) in [6.07, 6.45) is 0. The van der Waals surface area contributed by atoms with Gasteiger partial charge in [-0.15, -0.1) is 0 Å². The van der Waals surface area contributed by atoms with Crippen molar-refractivity contribution in [3.63, 3.8) is 0 Å². The molecule has 0 saturated carbocycles. The largest absolute Gasteiger partial charge is 0.412 e. The van der Waals surface area contributed by atoms with Crippen LogP contribution in [0.3, 0.4) is 0 Å². The van der Waals surface area contributed by atoms with E-state index in [1.807, 2.05) is 0 Å². The zero-order valence-corrected chi connectivity index (χ0v) is 7.11. The molecule has 0 bridgehead atoms. The van der Waals surface area contributed by atoms with Crippen molar-refractivity contribution in [3.05, 3.63) is 0 Å². The number of hydrogen-bond donors (Lipinski definition) is 0. The minimum atomic E-state index is 0. The molecule has 0 saturated heterocycles. The Bertz CT molecular complexity index is 3.90. The van der Waals surface area contributed by atoms with Crippen LogP contribution in [0.25, 0.3) is 0 Å². The van der Waals surface area contributed by atoms with Crippen LogP contribution in [0.5, 0.6) is 0 Å². The molecule has 0 radical (unpaired) electrons. The Hall–Kier alpha value is 1.12. The van der Waals surface area contributed by atoms with E-state index in [1.165, 1.54) is 0 Å². The van der Waals surface area contributed by atoms with Crippen LogP contribution in [0.4, 0.5) is 0 Å². The van der Waals surface area contributed by atoms with Gasteiger partial charge in [-0.05, 0) is 0 Å². The molecule has 6 heavy (non-hydrogen) atoms. The summed E-state index contributed by atoms with van der Waals surface area (Å²) in [5.41, 5.74) is 0. The molecule has 0 unspecified atom stereocenters. The molecule has 0 aliphatic heterocycles. The molecule has 5 nitrogen and oxygen atoms in total. The second kappa shape index (κ2) is 127. The summed E-state index contributed by atoms with van der Waals surface area (Å²) >= 11 is 0. The predicted molar refractivity (Wildman–Crippen MR) is 18.1 cm³/mol. The van der Waals surface area contributed by atoms with Gasteiger partial charge in [0.1, 0.15) is 0 Å². The van der Waals surface area contributed by atoms with Crippen LogP contribution in [-0.2, 0) is 0 Å². The van der Waals surface area contributed by atoms with E-state index in [4.69, 9.17) is 0 Å². The van der Waals surface area contributed by atoms with Crippen LogP contribution in [0.2, 0.25) is 0 Å². The molecule has 10 N–H and O–H groups in total. The van der Waals surface area contributed by atoms with Gasteiger partial charge >= 0.3 is 0 Å². The number of rotatable bonds is 0. The Labute approximate surface area is 67.0 Å². The summed E-state index contributed by atoms with van der Waals surface area (Å²) in [5.74, 6) is 0. The van der Waals surface area contributed by atoms with Crippen LogP contribution in [0, 0.1) is 39.9 Å². The zero-order chi connectivity index (χ0) is 0. The molecule has 0 aromatic carbocycles. The van der Waals surface area contributed by atoms with E-state index in [9.17, 15) is 0 Å². The predicted octanol–water partition coefficient (Wildman–Crippen LogP) is -4.12. The second-order valence-electron chi connectivity index (χ2n) is 0. The van der Waals surface area contributed by atoms with Gasteiger partial charge in [0.25, 0.3) is 0 Å². The quantitative estimate of drug-likeness (QED) is 0.424. The van der Waals surface area contributed by atoms with Crippen molar-refractivity contribution < 1.29 is 67.3 Å². The average molecular weight is 322 g/mol. The average Bonchev–Trinajstić information content (AvgIpc) is 0. The molecule has 44 valence electrons. The fraction of sp³-hybridized carbons (Fsp3) is 0. The van der Waals surface area contributed by atoms with Gasteiger partial charge in [-0.1, -0.05) is 0 Å².